The lowest BCUT2D eigenvalue weighted by atomic mass is 9.95. The molecule has 0 bridgehead atoms. The fourth-order valence-electron chi connectivity index (χ4n) is 3.40. The number of anilines is 1. The van der Waals surface area contributed by atoms with Crippen molar-refractivity contribution in [1.29, 1.82) is 0 Å². The zero-order valence-electron chi connectivity index (χ0n) is 12.9. The molecule has 0 saturated carbocycles. The molecule has 3 rings (SSSR count). The second-order valence-electron chi connectivity index (χ2n) is 6.11. The number of aryl methyl sites for hydroxylation is 2. The number of hydrogen-bond acceptors (Lipinski definition) is 4. The Morgan fingerprint density at radius 2 is 2.00 bits per heavy atom. The summed E-state index contributed by atoms with van der Waals surface area (Å²) in [7, 11) is 0. The number of nitrogens with zero attached hydrogens (tertiary/aromatic N) is 3. The van der Waals surface area contributed by atoms with Crippen molar-refractivity contribution < 1.29 is 4.74 Å². The van der Waals surface area contributed by atoms with Crippen LogP contribution in [0.1, 0.15) is 50.2 Å². The summed E-state index contributed by atoms with van der Waals surface area (Å²) in [6.45, 7) is 8.28. The summed E-state index contributed by atoms with van der Waals surface area (Å²) >= 11 is 0. The van der Waals surface area contributed by atoms with E-state index in [0.717, 1.165) is 38.2 Å². The van der Waals surface area contributed by atoms with Gasteiger partial charge in [-0.05, 0) is 46.0 Å². The minimum Gasteiger partial charge on any atom is -0.372 e. The van der Waals surface area contributed by atoms with Gasteiger partial charge in [0.15, 0.2) is 0 Å². The van der Waals surface area contributed by atoms with Gasteiger partial charge in [0.05, 0.1) is 12.2 Å². The van der Waals surface area contributed by atoms with Crippen LogP contribution in [0.3, 0.4) is 0 Å². The molecule has 1 saturated heterocycles. The summed E-state index contributed by atoms with van der Waals surface area (Å²) in [5.74, 6) is 2.09. The SMILES string of the molecule is CCC1CN(c2nc(C)nc3c2CCCC3)CC(C)O1. The predicted molar refractivity (Wildman–Crippen MR) is 80.3 cm³/mol. The second kappa shape index (κ2) is 5.68. The lowest BCUT2D eigenvalue weighted by Crippen LogP contribution is -2.47. The fraction of sp³-hybridized carbons (Fsp3) is 0.750. The number of rotatable bonds is 2. The number of aromatic nitrogens is 2. The molecule has 1 aromatic rings. The van der Waals surface area contributed by atoms with Crippen LogP contribution in [0.25, 0.3) is 0 Å². The van der Waals surface area contributed by atoms with Crippen molar-refractivity contribution in [1.82, 2.24) is 9.97 Å². The topological polar surface area (TPSA) is 38.2 Å². The monoisotopic (exact) mass is 275 g/mol. The standard InChI is InChI=1S/C16H25N3O/c1-4-13-10-19(9-11(2)20-13)16-14-7-5-6-8-15(14)17-12(3)18-16/h11,13H,4-10H2,1-3H3. The molecule has 2 unspecified atom stereocenters. The first-order chi connectivity index (χ1) is 9.67. The molecule has 0 spiro atoms. The fourth-order valence-corrected chi connectivity index (χ4v) is 3.40. The molecule has 20 heavy (non-hydrogen) atoms. The maximum absolute atomic E-state index is 5.98. The van der Waals surface area contributed by atoms with Gasteiger partial charge in [0.1, 0.15) is 11.6 Å². The molecular formula is C16H25N3O. The molecule has 110 valence electrons. The minimum atomic E-state index is 0.281. The predicted octanol–water partition coefficient (Wildman–Crippen LogP) is 2.67. The maximum atomic E-state index is 5.98. The molecule has 0 N–H and O–H groups in total. The van der Waals surface area contributed by atoms with Gasteiger partial charge in [-0.15, -0.1) is 0 Å². The van der Waals surface area contributed by atoms with E-state index in [2.05, 4.69) is 23.7 Å². The molecule has 4 nitrogen and oxygen atoms in total. The van der Waals surface area contributed by atoms with E-state index in [1.54, 1.807) is 0 Å². The molecule has 1 aliphatic carbocycles. The highest BCUT2D eigenvalue weighted by atomic mass is 16.5. The quantitative estimate of drug-likeness (QED) is 0.831. The van der Waals surface area contributed by atoms with E-state index < -0.39 is 0 Å². The highest BCUT2D eigenvalue weighted by molar-refractivity contribution is 5.51. The second-order valence-corrected chi connectivity index (χ2v) is 6.11. The van der Waals surface area contributed by atoms with E-state index in [0.29, 0.717) is 6.10 Å². The lowest BCUT2D eigenvalue weighted by Gasteiger charge is -2.38. The van der Waals surface area contributed by atoms with E-state index in [4.69, 9.17) is 9.72 Å². The molecule has 2 aliphatic rings. The highest BCUT2D eigenvalue weighted by Gasteiger charge is 2.28. The Kier molecular flexibility index (Phi) is 3.92. The molecule has 1 aromatic heterocycles. The van der Waals surface area contributed by atoms with Crippen LogP contribution in [-0.4, -0.2) is 35.3 Å². The molecular weight excluding hydrogens is 250 g/mol. The van der Waals surface area contributed by atoms with Gasteiger partial charge in [-0.2, -0.15) is 0 Å². The number of hydrogen-bond donors (Lipinski definition) is 0. The van der Waals surface area contributed by atoms with Gasteiger partial charge in [0.2, 0.25) is 0 Å². The van der Waals surface area contributed by atoms with E-state index >= 15 is 0 Å². The summed E-state index contributed by atoms with van der Waals surface area (Å²) in [5, 5.41) is 0. The summed E-state index contributed by atoms with van der Waals surface area (Å²) in [6.07, 6.45) is 6.45. The molecule has 1 aliphatic heterocycles. The largest absolute Gasteiger partial charge is 0.372 e. The maximum Gasteiger partial charge on any atom is 0.135 e. The van der Waals surface area contributed by atoms with Crippen molar-refractivity contribution in [3.63, 3.8) is 0 Å². The van der Waals surface area contributed by atoms with E-state index in [9.17, 15) is 0 Å². The minimum absolute atomic E-state index is 0.281. The third kappa shape index (κ3) is 2.66. The van der Waals surface area contributed by atoms with Crippen LogP contribution >= 0.6 is 0 Å². The van der Waals surface area contributed by atoms with Crippen LogP contribution in [0.2, 0.25) is 0 Å². The van der Waals surface area contributed by atoms with Crippen LogP contribution < -0.4 is 4.90 Å². The molecule has 2 atom stereocenters. The third-order valence-corrected chi connectivity index (χ3v) is 4.35. The van der Waals surface area contributed by atoms with Crippen LogP contribution in [-0.2, 0) is 17.6 Å². The van der Waals surface area contributed by atoms with Crippen LogP contribution in [0.4, 0.5) is 5.82 Å². The van der Waals surface area contributed by atoms with Gasteiger partial charge in [0.25, 0.3) is 0 Å². The van der Waals surface area contributed by atoms with Crippen LogP contribution in [0.15, 0.2) is 0 Å². The van der Waals surface area contributed by atoms with Crippen molar-refractivity contribution in [2.45, 2.75) is 65.1 Å². The Bertz CT molecular complexity index is 489. The molecule has 0 amide bonds. The average Bonchev–Trinajstić information content (AvgIpc) is 2.45. The van der Waals surface area contributed by atoms with E-state index in [-0.39, 0.29) is 6.10 Å². The Morgan fingerprint density at radius 3 is 2.80 bits per heavy atom. The van der Waals surface area contributed by atoms with Crippen LogP contribution in [0.5, 0.6) is 0 Å². The first-order valence-electron chi connectivity index (χ1n) is 7.94. The van der Waals surface area contributed by atoms with Crippen molar-refractivity contribution in [2.75, 3.05) is 18.0 Å². The average molecular weight is 275 g/mol. The highest BCUT2D eigenvalue weighted by Crippen LogP contribution is 2.30. The molecule has 2 heterocycles. The number of ether oxygens (including phenoxy) is 1. The molecule has 0 radical (unpaired) electrons. The normalized spacial score (nSPS) is 26.4. The summed E-state index contributed by atoms with van der Waals surface area (Å²) in [6, 6.07) is 0. The number of morpholine rings is 1. The smallest absolute Gasteiger partial charge is 0.135 e. The molecule has 4 heteroatoms. The first-order valence-corrected chi connectivity index (χ1v) is 7.94. The first kappa shape index (κ1) is 13.8. The van der Waals surface area contributed by atoms with E-state index in [1.165, 1.54) is 29.9 Å². The van der Waals surface area contributed by atoms with Crippen molar-refractivity contribution >= 4 is 5.82 Å². The molecule has 0 aromatic carbocycles. The van der Waals surface area contributed by atoms with Gasteiger partial charge in [0, 0.05) is 24.3 Å². The van der Waals surface area contributed by atoms with Gasteiger partial charge in [-0.25, -0.2) is 9.97 Å². The Hall–Kier alpha value is -1.16. The molecule has 1 fully saturated rings. The zero-order chi connectivity index (χ0) is 14.1. The van der Waals surface area contributed by atoms with E-state index in [1.807, 2.05) is 6.92 Å². The van der Waals surface area contributed by atoms with Crippen LogP contribution in [0, 0.1) is 6.92 Å². The lowest BCUT2D eigenvalue weighted by molar-refractivity contribution is -0.0175. The Labute approximate surface area is 121 Å². The van der Waals surface area contributed by atoms with Crippen molar-refractivity contribution in [3.8, 4) is 0 Å². The van der Waals surface area contributed by atoms with Gasteiger partial charge in [-0.3, -0.25) is 0 Å². The Morgan fingerprint density at radius 1 is 1.20 bits per heavy atom. The summed E-state index contributed by atoms with van der Waals surface area (Å²) in [4.78, 5) is 11.9. The van der Waals surface area contributed by atoms with Crippen molar-refractivity contribution in [3.05, 3.63) is 17.1 Å². The third-order valence-electron chi connectivity index (χ3n) is 4.35. The Balaban J connectivity index is 1.94. The zero-order valence-corrected chi connectivity index (χ0v) is 12.9. The van der Waals surface area contributed by atoms with Crippen molar-refractivity contribution in [2.24, 2.45) is 0 Å². The summed E-state index contributed by atoms with van der Waals surface area (Å²) < 4.78 is 5.98. The van der Waals surface area contributed by atoms with Gasteiger partial charge >= 0.3 is 0 Å². The van der Waals surface area contributed by atoms with Gasteiger partial charge < -0.3 is 9.64 Å². The summed E-state index contributed by atoms with van der Waals surface area (Å²) in [5.41, 5.74) is 2.68. The van der Waals surface area contributed by atoms with Gasteiger partial charge in [-0.1, -0.05) is 6.92 Å². The number of fused-ring (bicyclic) bond motifs is 1.